The molecule has 1 aromatic rings. The molecule has 0 unspecified atom stereocenters. The molecule has 1 atom stereocenters. The summed E-state index contributed by atoms with van der Waals surface area (Å²) in [5.41, 5.74) is 0.627. The molecule has 0 aliphatic carbocycles. The van der Waals surface area contributed by atoms with Gasteiger partial charge in [-0.1, -0.05) is 12.1 Å². The van der Waals surface area contributed by atoms with Crippen LogP contribution in [-0.2, 0) is 11.3 Å². The van der Waals surface area contributed by atoms with Gasteiger partial charge in [0, 0.05) is 18.7 Å². The van der Waals surface area contributed by atoms with Gasteiger partial charge in [0.25, 0.3) is 5.91 Å². The van der Waals surface area contributed by atoms with Crippen LogP contribution >= 0.6 is 0 Å². The third-order valence-corrected chi connectivity index (χ3v) is 3.75. The second-order valence-electron chi connectivity index (χ2n) is 5.52. The topological polar surface area (TPSA) is 87.7 Å². The van der Waals surface area contributed by atoms with Crippen LogP contribution in [0.3, 0.4) is 0 Å². The fraction of sp³-hybridized carbons (Fsp3) is 0.312. The van der Waals surface area contributed by atoms with Gasteiger partial charge in [-0.05, 0) is 24.6 Å². The molecule has 7 heteroatoms. The Morgan fingerprint density at radius 3 is 2.87 bits per heavy atom. The number of nitrogens with zero attached hydrogens (tertiary/aromatic N) is 1. The van der Waals surface area contributed by atoms with Gasteiger partial charge < -0.3 is 15.0 Å². The van der Waals surface area contributed by atoms with E-state index >= 15 is 0 Å². The van der Waals surface area contributed by atoms with E-state index in [0.29, 0.717) is 24.3 Å². The van der Waals surface area contributed by atoms with Gasteiger partial charge in [-0.3, -0.25) is 14.9 Å². The van der Waals surface area contributed by atoms with Crippen molar-refractivity contribution in [1.29, 1.82) is 0 Å². The molecule has 122 valence electrons. The number of carbonyl (C=O) groups excluding carboxylic acids is 3. The van der Waals surface area contributed by atoms with Gasteiger partial charge in [0.2, 0.25) is 6.41 Å². The summed E-state index contributed by atoms with van der Waals surface area (Å²) in [6.07, 6.45) is 1.83. The van der Waals surface area contributed by atoms with E-state index in [0.717, 1.165) is 5.56 Å². The molecule has 1 aliphatic rings. The second-order valence-corrected chi connectivity index (χ2v) is 5.52. The van der Waals surface area contributed by atoms with Crippen LogP contribution in [0.4, 0.5) is 4.79 Å². The highest BCUT2D eigenvalue weighted by molar-refractivity contribution is 5.98. The minimum absolute atomic E-state index is 0.135. The highest BCUT2D eigenvalue weighted by atomic mass is 16.5. The van der Waals surface area contributed by atoms with Crippen molar-refractivity contribution in [2.24, 2.45) is 0 Å². The molecule has 23 heavy (non-hydrogen) atoms. The predicted octanol–water partition coefficient (Wildman–Crippen LogP) is 1.05. The number of hydrogen-bond donors (Lipinski definition) is 2. The van der Waals surface area contributed by atoms with E-state index in [9.17, 15) is 14.4 Å². The average Bonchev–Trinajstić information content (AvgIpc) is 2.83. The number of benzene rings is 1. The normalized spacial score (nSPS) is 15.4. The first-order valence-electron chi connectivity index (χ1n) is 7.04. The SMILES string of the molecule is C=C[C@](C)(CN1Cc2ccc(OC)cc2C1=O)NC(=O)NC=O. The molecular formula is C16H19N3O4. The largest absolute Gasteiger partial charge is 0.497 e. The lowest BCUT2D eigenvalue weighted by molar-refractivity contribution is -0.108. The Balaban J connectivity index is 2.14. The van der Waals surface area contributed by atoms with E-state index in [1.165, 1.54) is 6.08 Å². The zero-order valence-electron chi connectivity index (χ0n) is 13.1. The molecule has 1 heterocycles. The fourth-order valence-corrected chi connectivity index (χ4v) is 2.50. The number of urea groups is 1. The number of rotatable bonds is 6. The monoisotopic (exact) mass is 317 g/mol. The first-order chi connectivity index (χ1) is 10.9. The van der Waals surface area contributed by atoms with Crippen molar-refractivity contribution in [1.82, 2.24) is 15.5 Å². The third kappa shape index (κ3) is 3.50. The maximum absolute atomic E-state index is 12.5. The molecule has 0 bridgehead atoms. The highest BCUT2D eigenvalue weighted by Crippen LogP contribution is 2.27. The van der Waals surface area contributed by atoms with Gasteiger partial charge in [-0.2, -0.15) is 0 Å². The molecule has 2 N–H and O–H groups in total. The molecule has 4 amide bonds. The summed E-state index contributed by atoms with van der Waals surface area (Å²) >= 11 is 0. The fourth-order valence-electron chi connectivity index (χ4n) is 2.50. The Labute approximate surface area is 134 Å². The zero-order valence-corrected chi connectivity index (χ0v) is 13.1. The lowest BCUT2D eigenvalue weighted by atomic mass is 10.0. The van der Waals surface area contributed by atoms with Crippen LogP contribution in [0.15, 0.2) is 30.9 Å². The van der Waals surface area contributed by atoms with Crippen LogP contribution in [0, 0.1) is 0 Å². The molecule has 0 spiro atoms. The quantitative estimate of drug-likeness (QED) is 0.606. The minimum Gasteiger partial charge on any atom is -0.497 e. The Bertz CT molecular complexity index is 659. The number of carbonyl (C=O) groups is 3. The van der Waals surface area contributed by atoms with Crippen molar-refractivity contribution in [2.75, 3.05) is 13.7 Å². The van der Waals surface area contributed by atoms with Crippen molar-refractivity contribution in [3.8, 4) is 5.75 Å². The van der Waals surface area contributed by atoms with Crippen LogP contribution in [0.5, 0.6) is 5.75 Å². The minimum atomic E-state index is -0.866. The van der Waals surface area contributed by atoms with E-state index in [-0.39, 0.29) is 12.5 Å². The van der Waals surface area contributed by atoms with E-state index in [1.54, 1.807) is 31.1 Å². The molecule has 0 saturated heterocycles. The average molecular weight is 317 g/mol. The van der Waals surface area contributed by atoms with Crippen molar-refractivity contribution in [3.05, 3.63) is 42.0 Å². The Morgan fingerprint density at radius 1 is 1.52 bits per heavy atom. The second kappa shape index (κ2) is 6.51. The molecule has 0 aromatic heterocycles. The summed E-state index contributed by atoms with van der Waals surface area (Å²) in [5, 5.41) is 4.63. The van der Waals surface area contributed by atoms with Crippen molar-refractivity contribution >= 4 is 18.3 Å². The lowest BCUT2D eigenvalue weighted by Gasteiger charge is -2.31. The smallest absolute Gasteiger partial charge is 0.321 e. The maximum Gasteiger partial charge on any atom is 0.321 e. The number of ether oxygens (including phenoxy) is 1. The molecule has 1 aromatic carbocycles. The number of imide groups is 1. The van der Waals surface area contributed by atoms with Gasteiger partial charge in [0.05, 0.1) is 12.6 Å². The first kappa shape index (κ1) is 16.5. The van der Waals surface area contributed by atoms with Crippen LogP contribution in [0.2, 0.25) is 0 Å². The zero-order chi connectivity index (χ0) is 17.0. The summed E-state index contributed by atoms with van der Waals surface area (Å²) in [6, 6.07) is 4.71. The Morgan fingerprint density at radius 2 is 2.26 bits per heavy atom. The van der Waals surface area contributed by atoms with Crippen LogP contribution in [-0.4, -0.2) is 42.4 Å². The maximum atomic E-state index is 12.5. The Hall–Kier alpha value is -2.83. The third-order valence-electron chi connectivity index (χ3n) is 3.75. The lowest BCUT2D eigenvalue weighted by Crippen LogP contribution is -2.54. The summed E-state index contributed by atoms with van der Waals surface area (Å²) in [5.74, 6) is 0.485. The Kier molecular flexibility index (Phi) is 4.68. The van der Waals surface area contributed by atoms with Crippen LogP contribution < -0.4 is 15.4 Å². The van der Waals surface area contributed by atoms with Crippen LogP contribution in [0.25, 0.3) is 0 Å². The number of hydrogen-bond acceptors (Lipinski definition) is 4. The number of amides is 4. The molecule has 1 aliphatic heterocycles. The molecule has 0 fully saturated rings. The number of nitrogens with one attached hydrogen (secondary N) is 2. The van der Waals surface area contributed by atoms with E-state index in [2.05, 4.69) is 11.9 Å². The van der Waals surface area contributed by atoms with Crippen molar-refractivity contribution in [2.45, 2.75) is 19.0 Å². The van der Waals surface area contributed by atoms with Crippen molar-refractivity contribution in [3.63, 3.8) is 0 Å². The summed E-state index contributed by atoms with van der Waals surface area (Å²) < 4.78 is 5.14. The van der Waals surface area contributed by atoms with Gasteiger partial charge in [0.15, 0.2) is 0 Å². The van der Waals surface area contributed by atoms with Gasteiger partial charge in [0.1, 0.15) is 5.75 Å². The van der Waals surface area contributed by atoms with Gasteiger partial charge in [-0.25, -0.2) is 4.79 Å². The van der Waals surface area contributed by atoms with E-state index < -0.39 is 11.6 Å². The van der Waals surface area contributed by atoms with Gasteiger partial charge >= 0.3 is 6.03 Å². The molecule has 0 radical (unpaired) electrons. The van der Waals surface area contributed by atoms with E-state index in [4.69, 9.17) is 4.74 Å². The van der Waals surface area contributed by atoms with E-state index in [1.807, 2.05) is 11.4 Å². The molecule has 7 nitrogen and oxygen atoms in total. The molecule has 0 saturated carbocycles. The molecular weight excluding hydrogens is 298 g/mol. The highest BCUT2D eigenvalue weighted by Gasteiger charge is 2.33. The predicted molar refractivity (Wildman–Crippen MR) is 84.1 cm³/mol. The van der Waals surface area contributed by atoms with Crippen LogP contribution in [0.1, 0.15) is 22.8 Å². The summed E-state index contributed by atoms with van der Waals surface area (Å²) in [4.78, 5) is 36.0. The first-order valence-corrected chi connectivity index (χ1v) is 7.04. The van der Waals surface area contributed by atoms with Crippen molar-refractivity contribution < 1.29 is 19.1 Å². The standard InChI is InChI=1S/C16H19N3O4/c1-4-16(2,18-15(22)17-10-20)9-19-8-11-5-6-12(23-3)7-13(11)14(19)21/h4-7,10H,1,8-9H2,2-3H3,(H2,17,18,20,22)/t16-/m1/s1. The molecule has 2 rings (SSSR count). The van der Waals surface area contributed by atoms with Gasteiger partial charge in [-0.15, -0.1) is 6.58 Å². The number of methoxy groups -OCH3 is 1. The summed E-state index contributed by atoms with van der Waals surface area (Å²) in [6.45, 7) is 6.10. The number of fused-ring (bicyclic) bond motifs is 1. The summed E-state index contributed by atoms with van der Waals surface area (Å²) in [7, 11) is 1.54.